The van der Waals surface area contributed by atoms with E-state index in [1.165, 1.54) is 6.07 Å². The largest absolute Gasteiger partial charge is 0.468 e. The average Bonchev–Trinajstić information content (AvgIpc) is 2.92. The lowest BCUT2D eigenvalue weighted by Crippen LogP contribution is -1.89. The summed E-state index contributed by atoms with van der Waals surface area (Å²) in [7, 11) is 0. The van der Waals surface area contributed by atoms with Gasteiger partial charge in [0.05, 0.1) is 17.6 Å². The third-order valence-corrected chi connectivity index (χ3v) is 3.45. The molecule has 0 aliphatic rings. The van der Waals surface area contributed by atoms with Crippen LogP contribution in [0.4, 0.5) is 4.39 Å². The van der Waals surface area contributed by atoms with Crippen molar-refractivity contribution < 1.29 is 13.9 Å². The van der Waals surface area contributed by atoms with E-state index in [9.17, 15) is 4.39 Å². The first-order valence-electron chi connectivity index (χ1n) is 5.78. The summed E-state index contributed by atoms with van der Waals surface area (Å²) in [5.74, 6) is 7.16. The fraction of sp³-hybridized carbons (Fsp3) is 0.200. The first kappa shape index (κ1) is 13.7. The first-order valence-corrected chi connectivity index (χ1v) is 6.93. The molecule has 4 heteroatoms. The topological polar surface area (TPSA) is 33.4 Å². The van der Waals surface area contributed by atoms with Crippen LogP contribution < -0.4 is 0 Å². The maximum absolute atomic E-state index is 13.4. The maximum Gasteiger partial charge on any atom is 0.138 e. The van der Waals surface area contributed by atoms with Crippen LogP contribution in [0.15, 0.2) is 41.0 Å². The summed E-state index contributed by atoms with van der Waals surface area (Å²) >= 11 is 1.69. The molecule has 1 N–H and O–H groups in total. The normalized spacial score (nSPS) is 10.0. The van der Waals surface area contributed by atoms with Gasteiger partial charge in [0.1, 0.15) is 18.2 Å². The van der Waals surface area contributed by atoms with Crippen LogP contribution in [0.5, 0.6) is 0 Å². The number of hydrogen-bond acceptors (Lipinski definition) is 3. The standard InChI is InChI=1S/C15H13FO2S/c16-15-6-5-12(9-13(15)3-1-7-17)10-19-11-14-4-2-8-18-14/h2,4-6,8-9,17H,7,10-11H2. The van der Waals surface area contributed by atoms with Gasteiger partial charge >= 0.3 is 0 Å². The predicted molar refractivity (Wildman–Crippen MR) is 74.1 cm³/mol. The summed E-state index contributed by atoms with van der Waals surface area (Å²) in [5, 5.41) is 8.62. The van der Waals surface area contributed by atoms with Crippen molar-refractivity contribution in [3.63, 3.8) is 0 Å². The number of aliphatic hydroxyl groups is 1. The van der Waals surface area contributed by atoms with E-state index in [1.807, 2.05) is 12.1 Å². The van der Waals surface area contributed by atoms with Crippen molar-refractivity contribution in [2.45, 2.75) is 11.5 Å². The van der Waals surface area contributed by atoms with Crippen LogP contribution >= 0.6 is 11.8 Å². The molecule has 1 aromatic carbocycles. The molecular formula is C15H13FO2S. The fourth-order valence-electron chi connectivity index (χ4n) is 1.56. The molecule has 0 spiro atoms. The minimum Gasteiger partial charge on any atom is -0.468 e. The second kappa shape index (κ2) is 7.03. The van der Waals surface area contributed by atoms with Crippen molar-refractivity contribution in [2.75, 3.05) is 6.61 Å². The molecule has 0 saturated carbocycles. The highest BCUT2D eigenvalue weighted by molar-refractivity contribution is 7.97. The van der Waals surface area contributed by atoms with Crippen molar-refractivity contribution in [2.24, 2.45) is 0 Å². The second-order valence-corrected chi connectivity index (χ2v) is 4.83. The number of halogens is 1. The Labute approximate surface area is 115 Å². The number of furan rings is 1. The van der Waals surface area contributed by atoms with Gasteiger partial charge in [-0.15, -0.1) is 11.8 Å². The van der Waals surface area contributed by atoms with Crippen molar-refractivity contribution >= 4 is 11.8 Å². The molecule has 0 bridgehead atoms. The Morgan fingerprint density at radius 2 is 2.16 bits per heavy atom. The van der Waals surface area contributed by atoms with Crippen LogP contribution in [0.2, 0.25) is 0 Å². The van der Waals surface area contributed by atoms with E-state index in [0.29, 0.717) is 5.56 Å². The van der Waals surface area contributed by atoms with E-state index in [2.05, 4.69) is 11.8 Å². The highest BCUT2D eigenvalue weighted by atomic mass is 32.2. The summed E-state index contributed by atoms with van der Waals surface area (Å²) in [6.07, 6.45) is 1.65. The molecule has 0 amide bonds. The third-order valence-electron chi connectivity index (χ3n) is 2.43. The summed E-state index contributed by atoms with van der Waals surface area (Å²) < 4.78 is 18.7. The monoisotopic (exact) mass is 276 g/mol. The van der Waals surface area contributed by atoms with Crippen LogP contribution in [0.1, 0.15) is 16.9 Å². The summed E-state index contributed by atoms with van der Waals surface area (Å²) in [5.41, 5.74) is 1.32. The minimum absolute atomic E-state index is 0.267. The number of thioether (sulfide) groups is 1. The van der Waals surface area contributed by atoms with Gasteiger partial charge < -0.3 is 9.52 Å². The van der Waals surface area contributed by atoms with Crippen LogP contribution in [0.3, 0.4) is 0 Å². The maximum atomic E-state index is 13.4. The highest BCUT2D eigenvalue weighted by Crippen LogP contribution is 2.19. The Bertz CT molecular complexity index is 582. The Morgan fingerprint density at radius 1 is 1.26 bits per heavy atom. The fourth-order valence-corrected chi connectivity index (χ4v) is 2.44. The van der Waals surface area contributed by atoms with E-state index in [4.69, 9.17) is 9.52 Å². The summed E-state index contributed by atoms with van der Waals surface area (Å²) in [6.45, 7) is -0.267. The zero-order chi connectivity index (χ0) is 13.5. The van der Waals surface area contributed by atoms with Crippen LogP contribution in [0.25, 0.3) is 0 Å². The SMILES string of the molecule is OCC#Cc1cc(CSCc2ccco2)ccc1F. The van der Waals surface area contributed by atoms with Crippen molar-refractivity contribution in [1.82, 2.24) is 0 Å². The van der Waals surface area contributed by atoms with Gasteiger partial charge in [-0.1, -0.05) is 17.9 Å². The lowest BCUT2D eigenvalue weighted by Gasteiger charge is -2.02. The van der Waals surface area contributed by atoms with E-state index in [1.54, 1.807) is 30.2 Å². The number of hydrogen-bond donors (Lipinski definition) is 1. The Kier molecular flexibility index (Phi) is 5.08. The van der Waals surface area contributed by atoms with Crippen LogP contribution in [0, 0.1) is 17.7 Å². The third kappa shape index (κ3) is 4.16. The molecule has 98 valence electrons. The summed E-state index contributed by atoms with van der Waals surface area (Å²) in [4.78, 5) is 0. The Morgan fingerprint density at radius 3 is 2.89 bits per heavy atom. The molecule has 2 rings (SSSR count). The molecule has 1 heterocycles. The van der Waals surface area contributed by atoms with E-state index in [0.717, 1.165) is 22.8 Å². The molecule has 0 aliphatic carbocycles. The summed E-state index contributed by atoms with van der Waals surface area (Å²) in [6, 6.07) is 8.65. The molecule has 0 saturated heterocycles. The lowest BCUT2D eigenvalue weighted by atomic mass is 10.1. The molecule has 0 aliphatic heterocycles. The van der Waals surface area contributed by atoms with Crippen molar-refractivity contribution in [3.8, 4) is 11.8 Å². The predicted octanol–water partition coefficient (Wildman–Crippen LogP) is 3.20. The van der Waals surface area contributed by atoms with Crippen molar-refractivity contribution in [3.05, 3.63) is 59.3 Å². The zero-order valence-electron chi connectivity index (χ0n) is 10.2. The van der Waals surface area contributed by atoms with Gasteiger partial charge in [0.25, 0.3) is 0 Å². The second-order valence-electron chi connectivity index (χ2n) is 3.85. The van der Waals surface area contributed by atoms with Gasteiger partial charge in [-0.2, -0.15) is 0 Å². The first-order chi connectivity index (χ1) is 9.29. The van der Waals surface area contributed by atoms with Gasteiger partial charge in [-0.3, -0.25) is 0 Å². The molecule has 0 radical (unpaired) electrons. The quantitative estimate of drug-likeness (QED) is 0.871. The average molecular weight is 276 g/mol. The van der Waals surface area contributed by atoms with Gasteiger partial charge in [0.2, 0.25) is 0 Å². The van der Waals surface area contributed by atoms with E-state index in [-0.39, 0.29) is 12.4 Å². The van der Waals surface area contributed by atoms with E-state index < -0.39 is 0 Å². The molecule has 0 atom stereocenters. The molecule has 1 aromatic heterocycles. The molecular weight excluding hydrogens is 263 g/mol. The van der Waals surface area contributed by atoms with Crippen molar-refractivity contribution in [1.29, 1.82) is 0 Å². The van der Waals surface area contributed by atoms with Crippen LogP contribution in [-0.4, -0.2) is 11.7 Å². The zero-order valence-corrected chi connectivity index (χ0v) is 11.0. The van der Waals surface area contributed by atoms with Crippen LogP contribution in [-0.2, 0) is 11.5 Å². The number of rotatable bonds is 4. The molecule has 0 unspecified atom stereocenters. The minimum atomic E-state index is -0.360. The smallest absolute Gasteiger partial charge is 0.138 e. The van der Waals surface area contributed by atoms with E-state index >= 15 is 0 Å². The number of benzene rings is 1. The molecule has 0 fully saturated rings. The molecule has 19 heavy (non-hydrogen) atoms. The van der Waals surface area contributed by atoms with Gasteiger partial charge in [-0.25, -0.2) is 4.39 Å². The van der Waals surface area contributed by atoms with Gasteiger partial charge in [0.15, 0.2) is 0 Å². The van der Waals surface area contributed by atoms with Gasteiger partial charge in [0, 0.05) is 5.75 Å². The van der Waals surface area contributed by atoms with Gasteiger partial charge in [-0.05, 0) is 29.8 Å². The lowest BCUT2D eigenvalue weighted by molar-refractivity contribution is 0.350. The number of aliphatic hydroxyl groups excluding tert-OH is 1. The molecule has 2 nitrogen and oxygen atoms in total. The Balaban J connectivity index is 1.96. The molecule has 2 aromatic rings. The Hall–Kier alpha value is -1.70. The highest BCUT2D eigenvalue weighted by Gasteiger charge is 2.02.